The van der Waals surface area contributed by atoms with Crippen LogP contribution in [-0.4, -0.2) is 29.8 Å². The number of hydrogen-bond acceptors (Lipinski definition) is 3. The van der Waals surface area contributed by atoms with Crippen LogP contribution in [-0.2, 0) is 9.59 Å². The molecule has 5 heteroatoms. The number of carbonyl (C=O) groups is 2. The summed E-state index contributed by atoms with van der Waals surface area (Å²) in [5.74, 6) is 0.459. The van der Waals surface area contributed by atoms with E-state index in [4.69, 9.17) is 4.42 Å². The Morgan fingerprint density at radius 2 is 1.96 bits per heavy atom. The third kappa shape index (κ3) is 3.08. The third-order valence-corrected chi connectivity index (χ3v) is 4.83. The summed E-state index contributed by atoms with van der Waals surface area (Å²) >= 11 is 0. The lowest BCUT2D eigenvalue weighted by Gasteiger charge is -2.13. The summed E-state index contributed by atoms with van der Waals surface area (Å²) in [7, 11) is 0. The van der Waals surface area contributed by atoms with Crippen LogP contribution in [0.4, 0.5) is 5.69 Å². The van der Waals surface area contributed by atoms with Crippen LogP contribution >= 0.6 is 0 Å². The van der Waals surface area contributed by atoms with E-state index in [0.29, 0.717) is 13.1 Å². The predicted octanol–water partition coefficient (Wildman–Crippen LogP) is 3.91. The van der Waals surface area contributed by atoms with Crippen LogP contribution in [0.3, 0.4) is 0 Å². The molecule has 1 N–H and O–H groups in total. The van der Waals surface area contributed by atoms with Crippen LogP contribution in [0.25, 0.3) is 22.3 Å². The monoisotopic (exact) mass is 348 g/mol. The zero-order valence-electron chi connectivity index (χ0n) is 14.6. The minimum Gasteiger partial charge on any atom is -0.456 e. The molecule has 0 saturated carbocycles. The van der Waals surface area contributed by atoms with Crippen LogP contribution < -0.4 is 5.32 Å². The largest absolute Gasteiger partial charge is 0.456 e. The lowest BCUT2D eigenvalue weighted by Crippen LogP contribution is -2.28. The Morgan fingerprint density at radius 1 is 1.19 bits per heavy atom. The number of nitrogens with one attached hydrogen (secondary N) is 1. The van der Waals surface area contributed by atoms with Gasteiger partial charge in [0.25, 0.3) is 0 Å². The van der Waals surface area contributed by atoms with Gasteiger partial charge in [0.1, 0.15) is 11.3 Å². The summed E-state index contributed by atoms with van der Waals surface area (Å²) in [6.07, 6.45) is 0.288. The first-order valence-electron chi connectivity index (χ1n) is 8.81. The van der Waals surface area contributed by atoms with Crippen LogP contribution in [0, 0.1) is 5.92 Å². The molecular weight excluding hydrogens is 328 g/mol. The second-order valence-electron chi connectivity index (χ2n) is 6.55. The maximum atomic E-state index is 12.4. The standard InChI is InChI=1S/C21H20N2O3/c1-2-23-13-16(12-20(23)24)21(25)22-17-9-7-14(8-10-17)19-11-15-5-3-4-6-18(15)26-19/h3-11,16H,2,12-13H2,1H3,(H,22,25)/t16-/m0/s1. The predicted molar refractivity (Wildman–Crippen MR) is 101 cm³/mol. The molecule has 132 valence electrons. The average Bonchev–Trinajstić information content (AvgIpc) is 3.25. The molecule has 1 atom stereocenters. The van der Waals surface area contributed by atoms with Crippen LogP contribution in [0.2, 0.25) is 0 Å². The number of anilines is 1. The SMILES string of the molecule is CCN1C[C@@H](C(=O)Nc2ccc(-c3cc4ccccc4o3)cc2)CC1=O. The number of fused-ring (bicyclic) bond motifs is 1. The summed E-state index contributed by atoms with van der Waals surface area (Å²) in [6.45, 7) is 3.07. The van der Waals surface area contributed by atoms with Gasteiger partial charge in [-0.3, -0.25) is 9.59 Å². The summed E-state index contributed by atoms with van der Waals surface area (Å²) in [6, 6.07) is 17.4. The molecule has 0 spiro atoms. The fourth-order valence-electron chi connectivity index (χ4n) is 3.34. The topological polar surface area (TPSA) is 62.6 Å². The average molecular weight is 348 g/mol. The van der Waals surface area contributed by atoms with Crippen LogP contribution in [0.1, 0.15) is 13.3 Å². The van der Waals surface area contributed by atoms with E-state index >= 15 is 0 Å². The van der Waals surface area contributed by atoms with Gasteiger partial charge in [-0.25, -0.2) is 0 Å². The number of hydrogen-bond donors (Lipinski definition) is 1. The highest BCUT2D eigenvalue weighted by molar-refractivity contribution is 5.97. The van der Waals surface area contributed by atoms with E-state index < -0.39 is 0 Å². The van der Waals surface area contributed by atoms with Crippen molar-refractivity contribution in [2.75, 3.05) is 18.4 Å². The number of carbonyl (C=O) groups excluding carboxylic acids is 2. The molecule has 2 amide bonds. The second kappa shape index (κ2) is 6.67. The van der Waals surface area contributed by atoms with Gasteiger partial charge in [0.15, 0.2) is 0 Å². The van der Waals surface area contributed by atoms with E-state index in [9.17, 15) is 9.59 Å². The number of amides is 2. The van der Waals surface area contributed by atoms with Crippen molar-refractivity contribution in [2.24, 2.45) is 5.92 Å². The molecule has 3 aromatic rings. The van der Waals surface area contributed by atoms with Gasteiger partial charge in [-0.15, -0.1) is 0 Å². The van der Waals surface area contributed by atoms with Crippen LogP contribution in [0.5, 0.6) is 0 Å². The Balaban J connectivity index is 1.46. The van der Waals surface area contributed by atoms with Gasteiger partial charge in [-0.1, -0.05) is 18.2 Å². The number of para-hydroxylation sites is 1. The highest BCUT2D eigenvalue weighted by atomic mass is 16.3. The van der Waals surface area contributed by atoms with Crippen molar-refractivity contribution in [1.29, 1.82) is 0 Å². The van der Waals surface area contributed by atoms with Crippen molar-refractivity contribution in [3.63, 3.8) is 0 Å². The van der Waals surface area contributed by atoms with Gasteiger partial charge in [0, 0.05) is 36.1 Å². The Labute approximate surface area is 151 Å². The zero-order chi connectivity index (χ0) is 18.1. The highest BCUT2D eigenvalue weighted by Gasteiger charge is 2.33. The molecular formula is C21H20N2O3. The molecule has 0 unspecified atom stereocenters. The first-order chi connectivity index (χ1) is 12.6. The Bertz CT molecular complexity index is 926. The van der Waals surface area contributed by atoms with Crippen molar-refractivity contribution < 1.29 is 14.0 Å². The van der Waals surface area contributed by atoms with E-state index in [1.54, 1.807) is 4.90 Å². The van der Waals surface area contributed by atoms with Gasteiger partial charge >= 0.3 is 0 Å². The Kier molecular flexibility index (Phi) is 4.21. The molecule has 4 rings (SSSR count). The molecule has 1 aliphatic heterocycles. The highest BCUT2D eigenvalue weighted by Crippen LogP contribution is 2.28. The molecule has 2 heterocycles. The normalized spacial score (nSPS) is 17.0. The Morgan fingerprint density at radius 3 is 2.65 bits per heavy atom. The number of nitrogens with zero attached hydrogens (tertiary/aromatic N) is 1. The number of furan rings is 1. The van der Waals surface area contributed by atoms with E-state index in [-0.39, 0.29) is 24.2 Å². The van der Waals surface area contributed by atoms with Crippen molar-refractivity contribution in [3.8, 4) is 11.3 Å². The molecule has 1 saturated heterocycles. The molecule has 0 radical (unpaired) electrons. The molecule has 1 aliphatic rings. The number of benzene rings is 2. The Hall–Kier alpha value is -3.08. The van der Waals surface area contributed by atoms with E-state index in [1.807, 2.05) is 61.5 Å². The van der Waals surface area contributed by atoms with Gasteiger partial charge in [-0.2, -0.15) is 0 Å². The van der Waals surface area contributed by atoms with E-state index in [2.05, 4.69) is 5.32 Å². The van der Waals surface area contributed by atoms with E-state index in [0.717, 1.165) is 28.0 Å². The fourth-order valence-corrected chi connectivity index (χ4v) is 3.34. The van der Waals surface area contributed by atoms with Crippen molar-refractivity contribution >= 4 is 28.5 Å². The van der Waals surface area contributed by atoms with E-state index in [1.165, 1.54) is 0 Å². The molecule has 0 bridgehead atoms. The first-order valence-corrected chi connectivity index (χ1v) is 8.81. The molecule has 0 aliphatic carbocycles. The van der Waals surface area contributed by atoms with Crippen molar-refractivity contribution in [1.82, 2.24) is 4.90 Å². The smallest absolute Gasteiger partial charge is 0.229 e. The lowest BCUT2D eigenvalue weighted by atomic mass is 10.1. The van der Waals surface area contributed by atoms with Crippen molar-refractivity contribution in [3.05, 3.63) is 54.6 Å². The molecule has 2 aromatic carbocycles. The van der Waals surface area contributed by atoms with Gasteiger partial charge in [0.05, 0.1) is 5.92 Å². The summed E-state index contributed by atoms with van der Waals surface area (Å²) in [4.78, 5) is 25.9. The quantitative estimate of drug-likeness (QED) is 0.778. The zero-order valence-corrected chi connectivity index (χ0v) is 14.6. The fraction of sp³-hybridized carbons (Fsp3) is 0.238. The minimum absolute atomic E-state index is 0.0490. The first kappa shape index (κ1) is 16.4. The maximum Gasteiger partial charge on any atom is 0.229 e. The second-order valence-corrected chi connectivity index (χ2v) is 6.55. The van der Waals surface area contributed by atoms with Gasteiger partial charge in [-0.05, 0) is 43.3 Å². The van der Waals surface area contributed by atoms with Crippen molar-refractivity contribution in [2.45, 2.75) is 13.3 Å². The number of rotatable bonds is 4. The number of likely N-dealkylation sites (tertiary alicyclic amines) is 1. The molecule has 1 fully saturated rings. The molecule has 26 heavy (non-hydrogen) atoms. The minimum atomic E-state index is -0.280. The summed E-state index contributed by atoms with van der Waals surface area (Å²) in [5.41, 5.74) is 2.52. The van der Waals surface area contributed by atoms with Gasteiger partial charge < -0.3 is 14.6 Å². The molecule has 1 aromatic heterocycles. The van der Waals surface area contributed by atoms with Gasteiger partial charge in [0.2, 0.25) is 11.8 Å². The summed E-state index contributed by atoms with van der Waals surface area (Å²) < 4.78 is 5.86. The molecule has 5 nitrogen and oxygen atoms in total. The lowest BCUT2D eigenvalue weighted by molar-refractivity contribution is -0.128. The third-order valence-electron chi connectivity index (χ3n) is 4.83. The maximum absolute atomic E-state index is 12.4. The summed E-state index contributed by atoms with van der Waals surface area (Å²) in [5, 5.41) is 3.97. The van der Waals surface area contributed by atoms with Crippen LogP contribution in [0.15, 0.2) is 59.0 Å².